The quantitative estimate of drug-likeness (QED) is 0.912. The Labute approximate surface area is 113 Å². The highest BCUT2D eigenvalue weighted by Gasteiger charge is 2.11. The predicted octanol–water partition coefficient (Wildman–Crippen LogP) is 2.66. The van der Waals surface area contributed by atoms with Gasteiger partial charge >= 0.3 is 0 Å². The van der Waals surface area contributed by atoms with Gasteiger partial charge in [0.1, 0.15) is 5.82 Å². The van der Waals surface area contributed by atoms with Crippen molar-refractivity contribution in [3.8, 4) is 22.9 Å². The first-order valence-electron chi connectivity index (χ1n) is 5.23. The summed E-state index contributed by atoms with van der Waals surface area (Å²) in [5.74, 6) is 1.72. The fraction of sp³-hybridized carbons (Fsp3) is 0.167. The number of halogens is 1. The first kappa shape index (κ1) is 12.6. The number of methoxy groups -OCH3 is 1. The number of benzene rings is 1. The molecule has 0 radical (unpaired) electrons. The number of nitrogens with one attached hydrogen (secondary N) is 1. The number of phenolic OH excluding ortho intramolecular Hbond substituents is 1. The van der Waals surface area contributed by atoms with Gasteiger partial charge in [-0.1, -0.05) is 0 Å². The zero-order valence-electron chi connectivity index (χ0n) is 9.94. The van der Waals surface area contributed by atoms with Gasteiger partial charge in [0, 0.05) is 18.8 Å². The van der Waals surface area contributed by atoms with Crippen LogP contribution in [0.2, 0.25) is 0 Å². The lowest BCUT2D eigenvalue weighted by Crippen LogP contribution is -1.96. The Hall–Kier alpha value is -1.82. The molecular weight excluding hydrogens is 298 g/mol. The highest BCUT2D eigenvalue weighted by atomic mass is 79.9. The molecule has 0 atom stereocenters. The molecule has 0 unspecified atom stereocenters. The minimum Gasteiger partial charge on any atom is -0.503 e. The number of rotatable bonds is 3. The molecule has 2 rings (SSSR count). The monoisotopic (exact) mass is 309 g/mol. The van der Waals surface area contributed by atoms with E-state index in [1.54, 1.807) is 31.4 Å². The van der Waals surface area contributed by atoms with Crippen LogP contribution in [0.3, 0.4) is 0 Å². The smallest absolute Gasteiger partial charge is 0.172 e. The lowest BCUT2D eigenvalue weighted by Gasteiger charge is -2.08. The van der Waals surface area contributed by atoms with E-state index < -0.39 is 0 Å². The van der Waals surface area contributed by atoms with Gasteiger partial charge in [-0.3, -0.25) is 0 Å². The van der Waals surface area contributed by atoms with Crippen molar-refractivity contribution in [1.82, 2.24) is 9.97 Å². The van der Waals surface area contributed by atoms with Gasteiger partial charge in [-0.2, -0.15) is 0 Å². The molecule has 2 aromatic rings. The van der Waals surface area contributed by atoms with Crippen molar-refractivity contribution in [2.45, 2.75) is 0 Å². The van der Waals surface area contributed by atoms with Gasteiger partial charge in [-0.15, -0.1) is 0 Å². The third-order valence-electron chi connectivity index (χ3n) is 2.42. The lowest BCUT2D eigenvalue weighted by molar-refractivity contribution is 0.372. The highest BCUT2D eigenvalue weighted by Crippen LogP contribution is 2.37. The molecule has 0 bridgehead atoms. The van der Waals surface area contributed by atoms with E-state index in [4.69, 9.17) is 4.74 Å². The summed E-state index contributed by atoms with van der Waals surface area (Å²) in [5.41, 5.74) is 0.758. The van der Waals surface area contributed by atoms with Crippen molar-refractivity contribution >= 4 is 21.7 Å². The minimum atomic E-state index is 0.0611. The third kappa shape index (κ3) is 2.38. The maximum Gasteiger partial charge on any atom is 0.172 e. The molecule has 0 saturated carbocycles. The molecule has 0 amide bonds. The van der Waals surface area contributed by atoms with Crippen LogP contribution in [0.5, 0.6) is 11.5 Å². The first-order chi connectivity index (χ1) is 8.65. The molecule has 1 aromatic heterocycles. The maximum atomic E-state index is 9.74. The Kier molecular flexibility index (Phi) is 3.66. The molecule has 0 aliphatic rings. The Morgan fingerprint density at radius 1 is 1.39 bits per heavy atom. The molecule has 0 aliphatic heterocycles. The Morgan fingerprint density at radius 3 is 2.83 bits per heavy atom. The van der Waals surface area contributed by atoms with Crippen LogP contribution in [0.4, 0.5) is 5.82 Å². The second kappa shape index (κ2) is 5.22. The molecule has 1 aromatic carbocycles. The summed E-state index contributed by atoms with van der Waals surface area (Å²) in [4.78, 5) is 8.52. The van der Waals surface area contributed by atoms with Crippen molar-refractivity contribution in [3.05, 3.63) is 28.9 Å². The second-order valence-corrected chi connectivity index (χ2v) is 4.38. The molecule has 0 spiro atoms. The van der Waals surface area contributed by atoms with E-state index in [1.165, 1.54) is 7.11 Å². The number of anilines is 1. The van der Waals surface area contributed by atoms with Crippen LogP contribution in [0.25, 0.3) is 11.4 Å². The molecule has 5 nitrogen and oxygen atoms in total. The minimum absolute atomic E-state index is 0.0611. The number of hydrogen-bond acceptors (Lipinski definition) is 5. The molecule has 6 heteroatoms. The van der Waals surface area contributed by atoms with Crippen molar-refractivity contribution in [3.63, 3.8) is 0 Å². The average molecular weight is 310 g/mol. The van der Waals surface area contributed by atoms with Gasteiger partial charge in [0.15, 0.2) is 17.3 Å². The van der Waals surface area contributed by atoms with Gasteiger partial charge in [0.05, 0.1) is 11.6 Å². The molecule has 0 fully saturated rings. The fourth-order valence-corrected chi connectivity index (χ4v) is 1.94. The van der Waals surface area contributed by atoms with E-state index in [0.29, 0.717) is 16.0 Å². The summed E-state index contributed by atoms with van der Waals surface area (Å²) in [6.07, 6.45) is 1.67. The average Bonchev–Trinajstić information content (AvgIpc) is 2.41. The van der Waals surface area contributed by atoms with E-state index in [2.05, 4.69) is 31.2 Å². The van der Waals surface area contributed by atoms with Crippen LogP contribution in [-0.2, 0) is 0 Å². The summed E-state index contributed by atoms with van der Waals surface area (Å²) in [5, 5.41) is 12.7. The SMILES string of the molecule is CNc1ccnc(-c2cc(Br)c(O)c(OC)c2)n1. The summed E-state index contributed by atoms with van der Waals surface area (Å²) in [7, 11) is 3.29. The first-order valence-corrected chi connectivity index (χ1v) is 6.02. The van der Waals surface area contributed by atoms with E-state index in [0.717, 1.165) is 11.4 Å². The topological polar surface area (TPSA) is 67.3 Å². The number of aromatic hydroxyl groups is 1. The Bertz CT molecular complexity index is 575. The van der Waals surface area contributed by atoms with Gasteiger partial charge in [0.2, 0.25) is 0 Å². The van der Waals surface area contributed by atoms with Crippen LogP contribution in [0.1, 0.15) is 0 Å². The number of nitrogens with zero attached hydrogens (tertiary/aromatic N) is 2. The summed E-state index contributed by atoms with van der Waals surface area (Å²) < 4.78 is 5.63. The molecule has 0 aliphatic carbocycles. The lowest BCUT2D eigenvalue weighted by atomic mass is 10.2. The summed E-state index contributed by atoms with van der Waals surface area (Å²) >= 11 is 3.27. The summed E-state index contributed by atoms with van der Waals surface area (Å²) in [6, 6.07) is 5.21. The molecule has 94 valence electrons. The zero-order chi connectivity index (χ0) is 13.1. The number of phenols is 1. The maximum absolute atomic E-state index is 9.74. The van der Waals surface area contributed by atoms with Gasteiger partial charge in [-0.25, -0.2) is 9.97 Å². The second-order valence-electron chi connectivity index (χ2n) is 3.52. The highest BCUT2D eigenvalue weighted by molar-refractivity contribution is 9.10. The number of aromatic nitrogens is 2. The van der Waals surface area contributed by atoms with Gasteiger partial charge in [0.25, 0.3) is 0 Å². The normalized spacial score (nSPS) is 10.2. The fourth-order valence-electron chi connectivity index (χ4n) is 1.50. The third-order valence-corrected chi connectivity index (χ3v) is 3.02. The Balaban J connectivity index is 2.53. The molecular formula is C12H12BrN3O2. The molecule has 2 N–H and O–H groups in total. The van der Waals surface area contributed by atoms with Crippen molar-refractivity contribution in [2.75, 3.05) is 19.5 Å². The Morgan fingerprint density at radius 2 is 2.17 bits per heavy atom. The van der Waals surface area contributed by atoms with Crippen LogP contribution in [0, 0.1) is 0 Å². The number of hydrogen-bond donors (Lipinski definition) is 2. The van der Waals surface area contributed by atoms with E-state index >= 15 is 0 Å². The van der Waals surface area contributed by atoms with Crippen LogP contribution in [-0.4, -0.2) is 29.2 Å². The molecule has 0 saturated heterocycles. The van der Waals surface area contributed by atoms with E-state index in [-0.39, 0.29) is 5.75 Å². The number of ether oxygens (including phenoxy) is 1. The van der Waals surface area contributed by atoms with Crippen molar-refractivity contribution in [2.24, 2.45) is 0 Å². The standard InChI is InChI=1S/C12H12BrN3O2/c1-14-10-3-4-15-12(16-10)7-5-8(13)11(17)9(6-7)18-2/h3-6,17H,1-2H3,(H,14,15,16). The largest absolute Gasteiger partial charge is 0.503 e. The van der Waals surface area contributed by atoms with Gasteiger partial charge in [-0.05, 0) is 34.1 Å². The van der Waals surface area contributed by atoms with Gasteiger partial charge < -0.3 is 15.2 Å². The molecule has 1 heterocycles. The zero-order valence-corrected chi connectivity index (χ0v) is 11.5. The molecule has 18 heavy (non-hydrogen) atoms. The van der Waals surface area contributed by atoms with Crippen LogP contribution < -0.4 is 10.1 Å². The van der Waals surface area contributed by atoms with Crippen molar-refractivity contribution in [1.29, 1.82) is 0 Å². The van der Waals surface area contributed by atoms with Crippen molar-refractivity contribution < 1.29 is 9.84 Å². The van der Waals surface area contributed by atoms with Crippen LogP contribution in [0.15, 0.2) is 28.9 Å². The van der Waals surface area contributed by atoms with Crippen LogP contribution >= 0.6 is 15.9 Å². The predicted molar refractivity (Wildman–Crippen MR) is 72.9 cm³/mol. The summed E-state index contributed by atoms with van der Waals surface area (Å²) in [6.45, 7) is 0. The van der Waals surface area contributed by atoms with E-state index in [1.807, 2.05) is 0 Å². The van der Waals surface area contributed by atoms with E-state index in [9.17, 15) is 5.11 Å².